The summed E-state index contributed by atoms with van der Waals surface area (Å²) in [6.07, 6.45) is 5.32. The van der Waals surface area contributed by atoms with Crippen molar-refractivity contribution in [2.75, 3.05) is 6.54 Å². The Balaban J connectivity index is 1.84. The van der Waals surface area contributed by atoms with Gasteiger partial charge in [0.2, 0.25) is 5.91 Å². The average molecular weight is 244 g/mol. The molecule has 94 valence electrons. The lowest BCUT2D eigenvalue weighted by Gasteiger charge is -2.11. The predicted molar refractivity (Wildman–Crippen MR) is 68.6 cm³/mol. The summed E-state index contributed by atoms with van der Waals surface area (Å²) in [4.78, 5) is 11.8. The maximum atomic E-state index is 11.8. The van der Waals surface area contributed by atoms with Crippen LogP contribution in [0.25, 0.3) is 0 Å². The van der Waals surface area contributed by atoms with Crippen molar-refractivity contribution in [1.29, 1.82) is 0 Å². The zero-order valence-corrected chi connectivity index (χ0v) is 10.0. The third-order valence-electron chi connectivity index (χ3n) is 3.01. The van der Waals surface area contributed by atoms with Crippen LogP contribution >= 0.6 is 0 Å². The Morgan fingerprint density at radius 1 is 1.50 bits per heavy atom. The number of aliphatic hydroxyl groups is 1. The molecule has 18 heavy (non-hydrogen) atoms. The molecule has 2 atom stereocenters. The van der Waals surface area contributed by atoms with Crippen LogP contribution in [0.3, 0.4) is 0 Å². The molecule has 1 aromatic rings. The van der Waals surface area contributed by atoms with E-state index in [1.165, 1.54) is 0 Å². The summed E-state index contributed by atoms with van der Waals surface area (Å²) in [6.45, 7) is 0.951. The number of β-amino-alcohol motifs (C(OH)–C–C–N with tert-alkyl or cyclic N) is 1. The highest BCUT2D eigenvalue weighted by Crippen LogP contribution is 2.07. The van der Waals surface area contributed by atoms with E-state index in [0.717, 1.165) is 11.1 Å². The van der Waals surface area contributed by atoms with Crippen molar-refractivity contribution in [2.45, 2.75) is 25.1 Å². The Labute approximate surface area is 106 Å². The van der Waals surface area contributed by atoms with Gasteiger partial charge in [-0.2, -0.15) is 0 Å². The molecule has 1 aliphatic rings. The summed E-state index contributed by atoms with van der Waals surface area (Å²) in [5, 5.41) is 15.1. The molecule has 0 aromatic heterocycles. The summed E-state index contributed by atoms with van der Waals surface area (Å²) < 4.78 is 0. The van der Waals surface area contributed by atoms with Crippen LogP contribution in [-0.4, -0.2) is 29.7 Å². The third kappa shape index (κ3) is 3.10. The molecule has 1 amide bonds. The molecule has 0 aliphatic carbocycles. The number of hydrogen-bond donors (Lipinski definition) is 3. The summed E-state index contributed by atoms with van der Waals surface area (Å²) in [5.74, 6) is 2.47. The minimum atomic E-state index is -0.421. The monoisotopic (exact) mass is 244 g/mol. The van der Waals surface area contributed by atoms with E-state index in [1.54, 1.807) is 0 Å². The SMILES string of the molecule is C#Cc1ccc(CNC(=O)[C@@H]2C[C@@H](O)CN2)cc1. The van der Waals surface area contributed by atoms with Crippen LogP contribution in [0.4, 0.5) is 0 Å². The first-order chi connectivity index (χ1) is 8.69. The van der Waals surface area contributed by atoms with E-state index in [0.29, 0.717) is 19.5 Å². The molecular weight excluding hydrogens is 228 g/mol. The van der Waals surface area contributed by atoms with Crippen LogP contribution in [-0.2, 0) is 11.3 Å². The van der Waals surface area contributed by atoms with Gasteiger partial charge in [-0.1, -0.05) is 18.1 Å². The molecule has 1 saturated heterocycles. The van der Waals surface area contributed by atoms with Crippen molar-refractivity contribution in [1.82, 2.24) is 10.6 Å². The largest absolute Gasteiger partial charge is 0.392 e. The van der Waals surface area contributed by atoms with Crippen LogP contribution in [0, 0.1) is 12.3 Å². The van der Waals surface area contributed by atoms with E-state index in [1.807, 2.05) is 24.3 Å². The van der Waals surface area contributed by atoms with Gasteiger partial charge >= 0.3 is 0 Å². The maximum Gasteiger partial charge on any atom is 0.237 e. The third-order valence-corrected chi connectivity index (χ3v) is 3.01. The number of terminal acetylenes is 1. The average Bonchev–Trinajstić information content (AvgIpc) is 2.83. The van der Waals surface area contributed by atoms with E-state index in [-0.39, 0.29) is 11.9 Å². The second kappa shape index (κ2) is 5.67. The second-order valence-electron chi connectivity index (χ2n) is 4.41. The Bertz CT molecular complexity index is 462. The van der Waals surface area contributed by atoms with Crippen LogP contribution < -0.4 is 10.6 Å². The molecule has 0 unspecified atom stereocenters. The molecule has 4 heteroatoms. The van der Waals surface area contributed by atoms with Crippen LogP contribution in [0.1, 0.15) is 17.5 Å². The Morgan fingerprint density at radius 3 is 2.78 bits per heavy atom. The zero-order valence-electron chi connectivity index (χ0n) is 10.0. The number of hydrogen-bond acceptors (Lipinski definition) is 3. The van der Waals surface area contributed by atoms with E-state index in [4.69, 9.17) is 6.42 Å². The van der Waals surface area contributed by atoms with Crippen LogP contribution in [0.2, 0.25) is 0 Å². The first-order valence-electron chi connectivity index (χ1n) is 5.94. The van der Waals surface area contributed by atoms with Gasteiger partial charge in [0.25, 0.3) is 0 Å². The number of amides is 1. The van der Waals surface area contributed by atoms with Crippen molar-refractivity contribution < 1.29 is 9.90 Å². The first kappa shape index (κ1) is 12.6. The summed E-state index contributed by atoms with van der Waals surface area (Å²) >= 11 is 0. The maximum absolute atomic E-state index is 11.8. The van der Waals surface area contributed by atoms with Crippen molar-refractivity contribution in [3.63, 3.8) is 0 Å². The Morgan fingerprint density at radius 2 is 2.22 bits per heavy atom. The van der Waals surface area contributed by atoms with Gasteiger partial charge in [0, 0.05) is 18.7 Å². The molecule has 3 N–H and O–H groups in total. The normalized spacial score (nSPS) is 22.4. The molecule has 0 saturated carbocycles. The molecule has 0 bridgehead atoms. The van der Waals surface area contributed by atoms with Crippen molar-refractivity contribution in [2.24, 2.45) is 0 Å². The molecule has 1 heterocycles. The van der Waals surface area contributed by atoms with Gasteiger partial charge in [0.05, 0.1) is 12.1 Å². The van der Waals surface area contributed by atoms with Gasteiger partial charge in [0.1, 0.15) is 0 Å². The van der Waals surface area contributed by atoms with Gasteiger partial charge in [-0.05, 0) is 24.1 Å². The lowest BCUT2D eigenvalue weighted by Crippen LogP contribution is -2.39. The molecule has 1 aromatic carbocycles. The zero-order chi connectivity index (χ0) is 13.0. The van der Waals surface area contributed by atoms with Crippen molar-refractivity contribution >= 4 is 5.91 Å². The highest BCUT2D eigenvalue weighted by Gasteiger charge is 2.27. The first-order valence-corrected chi connectivity index (χ1v) is 5.94. The van der Waals surface area contributed by atoms with Crippen molar-refractivity contribution in [3.8, 4) is 12.3 Å². The fraction of sp³-hybridized carbons (Fsp3) is 0.357. The Kier molecular flexibility index (Phi) is 3.98. The van der Waals surface area contributed by atoms with E-state index >= 15 is 0 Å². The summed E-state index contributed by atoms with van der Waals surface area (Å²) in [5.41, 5.74) is 1.83. The smallest absolute Gasteiger partial charge is 0.237 e. The lowest BCUT2D eigenvalue weighted by molar-refractivity contribution is -0.123. The second-order valence-corrected chi connectivity index (χ2v) is 4.41. The highest BCUT2D eigenvalue weighted by molar-refractivity contribution is 5.82. The molecule has 2 rings (SSSR count). The number of carbonyl (C=O) groups excluding carboxylic acids is 1. The number of benzene rings is 1. The van der Waals surface area contributed by atoms with Gasteiger partial charge in [-0.3, -0.25) is 4.79 Å². The fourth-order valence-corrected chi connectivity index (χ4v) is 1.95. The van der Waals surface area contributed by atoms with Gasteiger partial charge in [-0.25, -0.2) is 0 Å². The molecule has 1 fully saturated rings. The lowest BCUT2D eigenvalue weighted by atomic mass is 10.1. The van der Waals surface area contributed by atoms with Crippen LogP contribution in [0.15, 0.2) is 24.3 Å². The Hall–Kier alpha value is -1.83. The van der Waals surface area contributed by atoms with E-state index in [2.05, 4.69) is 16.6 Å². The molecule has 0 radical (unpaired) electrons. The number of aliphatic hydroxyl groups excluding tert-OH is 1. The predicted octanol–water partition coefficient (Wildman–Crippen LogP) is 0.00690. The topological polar surface area (TPSA) is 61.4 Å². The highest BCUT2D eigenvalue weighted by atomic mass is 16.3. The number of carbonyl (C=O) groups is 1. The van der Waals surface area contributed by atoms with Crippen molar-refractivity contribution in [3.05, 3.63) is 35.4 Å². The van der Waals surface area contributed by atoms with Gasteiger partial charge < -0.3 is 15.7 Å². The van der Waals surface area contributed by atoms with Gasteiger partial charge in [-0.15, -0.1) is 6.42 Å². The number of nitrogens with one attached hydrogen (secondary N) is 2. The van der Waals surface area contributed by atoms with Gasteiger partial charge in [0.15, 0.2) is 0 Å². The molecular formula is C14H16N2O2. The number of rotatable bonds is 3. The molecule has 0 spiro atoms. The molecule has 1 aliphatic heterocycles. The molecule has 4 nitrogen and oxygen atoms in total. The summed E-state index contributed by atoms with van der Waals surface area (Å²) in [6, 6.07) is 7.20. The van der Waals surface area contributed by atoms with Crippen LogP contribution in [0.5, 0.6) is 0 Å². The quantitative estimate of drug-likeness (QED) is 0.656. The fourth-order valence-electron chi connectivity index (χ4n) is 1.95. The minimum Gasteiger partial charge on any atom is -0.392 e. The summed E-state index contributed by atoms with van der Waals surface area (Å²) in [7, 11) is 0. The standard InChI is InChI=1S/C14H16N2O2/c1-2-10-3-5-11(6-4-10)8-16-14(18)13-7-12(17)9-15-13/h1,3-6,12-13,15,17H,7-9H2,(H,16,18)/t12-,13+/m1/s1. The minimum absolute atomic E-state index is 0.0763. The van der Waals surface area contributed by atoms with E-state index in [9.17, 15) is 9.90 Å². The van der Waals surface area contributed by atoms with E-state index < -0.39 is 6.10 Å².